The molecule has 6 heteroatoms. The first-order chi connectivity index (χ1) is 12.7. The summed E-state index contributed by atoms with van der Waals surface area (Å²) in [6.45, 7) is 5.23. The van der Waals surface area contributed by atoms with Crippen LogP contribution in [0.1, 0.15) is 10.4 Å². The molecule has 0 aromatic heterocycles. The number of ether oxygens (including phenoxy) is 2. The maximum Gasteiger partial charge on any atom is 0.255 e. The summed E-state index contributed by atoms with van der Waals surface area (Å²) in [7, 11) is 2.22. The molecule has 2 aromatic rings. The standard InChI is InChI=1S/C20H23N3O3/c1-22-8-10-23(11-9-22)17-5-3-2-4-16(17)21-20(24)15-6-7-18-19(14-15)26-13-12-25-18/h2-7,14H,8-13H2,1H3,(H,21,24)/p+1. The van der Waals surface area contributed by atoms with Gasteiger partial charge in [0.25, 0.3) is 5.91 Å². The number of piperazine rings is 1. The number of benzene rings is 2. The highest BCUT2D eigenvalue weighted by atomic mass is 16.6. The summed E-state index contributed by atoms with van der Waals surface area (Å²) < 4.78 is 11.1. The van der Waals surface area contributed by atoms with E-state index in [0.717, 1.165) is 37.6 Å². The highest BCUT2D eigenvalue weighted by Crippen LogP contribution is 2.31. The van der Waals surface area contributed by atoms with Gasteiger partial charge < -0.3 is 24.6 Å². The van der Waals surface area contributed by atoms with Crippen LogP contribution in [0.3, 0.4) is 0 Å². The number of anilines is 2. The largest absolute Gasteiger partial charge is 0.486 e. The summed E-state index contributed by atoms with van der Waals surface area (Å²) in [5.41, 5.74) is 2.48. The van der Waals surface area contributed by atoms with Gasteiger partial charge in [-0.3, -0.25) is 4.79 Å². The van der Waals surface area contributed by atoms with Crippen molar-refractivity contribution in [3.63, 3.8) is 0 Å². The van der Waals surface area contributed by atoms with Gasteiger partial charge in [0.15, 0.2) is 11.5 Å². The van der Waals surface area contributed by atoms with Gasteiger partial charge in [-0.1, -0.05) is 12.1 Å². The van der Waals surface area contributed by atoms with Gasteiger partial charge in [0, 0.05) is 5.56 Å². The van der Waals surface area contributed by atoms with Gasteiger partial charge in [0.2, 0.25) is 0 Å². The number of para-hydroxylation sites is 2. The predicted molar refractivity (Wildman–Crippen MR) is 101 cm³/mol. The Labute approximate surface area is 153 Å². The molecule has 1 saturated heterocycles. The van der Waals surface area contributed by atoms with Crippen molar-refractivity contribution in [1.29, 1.82) is 0 Å². The number of carbonyl (C=O) groups excluding carboxylic acids is 1. The number of quaternary nitrogens is 1. The molecular weight excluding hydrogens is 330 g/mol. The topological polar surface area (TPSA) is 55.2 Å². The lowest BCUT2D eigenvalue weighted by Gasteiger charge is -2.33. The van der Waals surface area contributed by atoms with Gasteiger partial charge in [-0.05, 0) is 30.3 Å². The Morgan fingerprint density at radius 1 is 1.04 bits per heavy atom. The first-order valence-electron chi connectivity index (χ1n) is 9.07. The lowest BCUT2D eigenvalue weighted by molar-refractivity contribution is -0.880. The summed E-state index contributed by atoms with van der Waals surface area (Å²) in [5.74, 6) is 1.17. The lowest BCUT2D eigenvalue weighted by atomic mass is 10.1. The number of fused-ring (bicyclic) bond motifs is 1. The third-order valence-electron chi connectivity index (χ3n) is 4.91. The molecule has 0 bridgehead atoms. The number of amides is 1. The van der Waals surface area contributed by atoms with Crippen LogP contribution in [0.15, 0.2) is 42.5 Å². The van der Waals surface area contributed by atoms with Crippen molar-refractivity contribution in [3.8, 4) is 11.5 Å². The second-order valence-corrected chi connectivity index (χ2v) is 6.77. The normalized spacial score (nSPS) is 17.0. The number of nitrogens with one attached hydrogen (secondary N) is 2. The Balaban J connectivity index is 1.53. The zero-order chi connectivity index (χ0) is 17.9. The smallest absolute Gasteiger partial charge is 0.255 e. The fourth-order valence-corrected chi connectivity index (χ4v) is 3.36. The van der Waals surface area contributed by atoms with Gasteiger partial charge in [0.1, 0.15) is 13.2 Å². The van der Waals surface area contributed by atoms with E-state index in [4.69, 9.17) is 9.47 Å². The molecule has 6 nitrogen and oxygen atoms in total. The summed E-state index contributed by atoms with van der Waals surface area (Å²) in [6, 6.07) is 13.3. The van der Waals surface area contributed by atoms with Crippen molar-refractivity contribution in [2.45, 2.75) is 0 Å². The van der Waals surface area contributed by atoms with E-state index in [1.54, 1.807) is 23.1 Å². The molecule has 0 spiro atoms. The van der Waals surface area contributed by atoms with E-state index in [9.17, 15) is 4.79 Å². The molecule has 0 radical (unpaired) electrons. The molecule has 4 rings (SSSR count). The van der Waals surface area contributed by atoms with E-state index >= 15 is 0 Å². The van der Waals surface area contributed by atoms with E-state index in [1.165, 1.54) is 0 Å². The van der Waals surface area contributed by atoms with E-state index in [2.05, 4.69) is 23.3 Å². The molecule has 2 heterocycles. The zero-order valence-electron chi connectivity index (χ0n) is 15.0. The molecule has 2 aliphatic rings. The van der Waals surface area contributed by atoms with Gasteiger partial charge in [-0.25, -0.2) is 0 Å². The molecule has 1 fully saturated rings. The molecule has 1 amide bonds. The molecule has 2 aliphatic heterocycles. The van der Waals surface area contributed by atoms with Crippen LogP contribution in [-0.2, 0) is 0 Å². The van der Waals surface area contributed by atoms with E-state index < -0.39 is 0 Å². The van der Waals surface area contributed by atoms with Crippen molar-refractivity contribution < 1.29 is 19.2 Å². The fraction of sp³-hybridized carbons (Fsp3) is 0.350. The van der Waals surface area contributed by atoms with Crippen LogP contribution in [0.2, 0.25) is 0 Å². The minimum atomic E-state index is -0.144. The van der Waals surface area contributed by atoms with Crippen LogP contribution < -0.4 is 24.6 Å². The number of rotatable bonds is 3. The number of nitrogens with zero attached hydrogens (tertiary/aromatic N) is 1. The third kappa shape index (κ3) is 3.46. The zero-order valence-corrected chi connectivity index (χ0v) is 15.0. The Morgan fingerprint density at radius 3 is 2.58 bits per heavy atom. The van der Waals surface area contributed by atoms with Gasteiger partial charge >= 0.3 is 0 Å². The number of hydrogen-bond donors (Lipinski definition) is 2. The van der Waals surface area contributed by atoms with Crippen molar-refractivity contribution in [1.82, 2.24) is 0 Å². The van der Waals surface area contributed by atoms with Crippen LogP contribution >= 0.6 is 0 Å². The molecule has 0 atom stereocenters. The fourth-order valence-electron chi connectivity index (χ4n) is 3.36. The summed E-state index contributed by atoms with van der Waals surface area (Å²) in [6.07, 6.45) is 0. The first kappa shape index (κ1) is 16.7. The highest BCUT2D eigenvalue weighted by molar-refractivity contribution is 6.06. The SMILES string of the molecule is C[NH+]1CCN(c2ccccc2NC(=O)c2ccc3c(c2)OCCO3)CC1. The van der Waals surface area contributed by atoms with Gasteiger partial charge in [-0.15, -0.1) is 0 Å². The summed E-state index contributed by atoms with van der Waals surface area (Å²) in [4.78, 5) is 16.6. The van der Waals surface area contributed by atoms with Gasteiger partial charge in [-0.2, -0.15) is 0 Å². The molecule has 0 unspecified atom stereocenters. The second-order valence-electron chi connectivity index (χ2n) is 6.77. The second kappa shape index (κ2) is 7.25. The molecule has 2 N–H and O–H groups in total. The molecule has 0 saturated carbocycles. The quantitative estimate of drug-likeness (QED) is 0.865. The molecule has 26 heavy (non-hydrogen) atoms. The first-order valence-corrected chi connectivity index (χ1v) is 9.07. The van der Waals surface area contributed by atoms with Crippen molar-refractivity contribution in [2.75, 3.05) is 56.7 Å². The number of carbonyl (C=O) groups is 1. The molecule has 2 aromatic carbocycles. The van der Waals surface area contributed by atoms with Crippen LogP contribution in [0.4, 0.5) is 11.4 Å². The van der Waals surface area contributed by atoms with Crippen molar-refractivity contribution >= 4 is 17.3 Å². The summed E-state index contributed by atoms with van der Waals surface area (Å²) in [5, 5.41) is 3.06. The Bertz CT molecular complexity index is 801. The predicted octanol–water partition coefficient (Wildman–Crippen LogP) is 1.04. The highest BCUT2D eigenvalue weighted by Gasteiger charge is 2.21. The maximum atomic E-state index is 12.8. The average molecular weight is 354 g/mol. The number of likely N-dealkylation sites (N-methyl/N-ethyl adjacent to an activating group) is 1. The average Bonchev–Trinajstić information content (AvgIpc) is 2.69. The maximum absolute atomic E-state index is 12.8. The monoisotopic (exact) mass is 354 g/mol. The van der Waals surface area contributed by atoms with Crippen LogP contribution in [0, 0.1) is 0 Å². The lowest BCUT2D eigenvalue weighted by Crippen LogP contribution is -3.12. The Hall–Kier alpha value is -2.73. The minimum Gasteiger partial charge on any atom is -0.486 e. The Kier molecular flexibility index (Phi) is 4.67. The molecular formula is C20H24N3O3+. The van der Waals surface area contributed by atoms with Crippen LogP contribution in [-0.4, -0.2) is 52.3 Å². The van der Waals surface area contributed by atoms with Crippen LogP contribution in [0.25, 0.3) is 0 Å². The van der Waals surface area contributed by atoms with E-state index in [1.807, 2.05) is 18.2 Å². The molecule has 136 valence electrons. The van der Waals surface area contributed by atoms with Crippen molar-refractivity contribution in [3.05, 3.63) is 48.0 Å². The Morgan fingerprint density at radius 2 is 1.77 bits per heavy atom. The van der Waals surface area contributed by atoms with Crippen LogP contribution in [0.5, 0.6) is 11.5 Å². The van der Waals surface area contributed by atoms with E-state index in [-0.39, 0.29) is 5.91 Å². The van der Waals surface area contributed by atoms with Crippen molar-refractivity contribution in [2.24, 2.45) is 0 Å². The van der Waals surface area contributed by atoms with E-state index in [0.29, 0.717) is 30.3 Å². The van der Waals surface area contributed by atoms with Gasteiger partial charge in [0.05, 0.1) is 44.6 Å². The molecule has 0 aliphatic carbocycles. The number of hydrogen-bond acceptors (Lipinski definition) is 4. The minimum absolute atomic E-state index is 0.144. The summed E-state index contributed by atoms with van der Waals surface area (Å²) >= 11 is 0. The third-order valence-corrected chi connectivity index (χ3v) is 4.91.